The Morgan fingerprint density at radius 2 is 1.82 bits per heavy atom. The van der Waals surface area contributed by atoms with Crippen LogP contribution in [0.2, 0.25) is 24.7 Å². The van der Waals surface area contributed by atoms with Crippen LogP contribution in [0.15, 0.2) is 41.6 Å². The fraction of sp³-hybridized carbons (Fsp3) is 0.560. The number of hydrogen-bond donors (Lipinski definition) is 4. The van der Waals surface area contributed by atoms with E-state index >= 15 is 0 Å². The van der Waals surface area contributed by atoms with Gasteiger partial charge in [0.2, 0.25) is 5.91 Å². The number of carbonyl (C=O) groups is 2. The maximum absolute atomic E-state index is 13.3. The van der Waals surface area contributed by atoms with Crippen molar-refractivity contribution in [1.82, 2.24) is 15.5 Å². The van der Waals surface area contributed by atoms with Gasteiger partial charge >= 0.3 is 6.03 Å². The minimum Gasteiger partial charge on any atom is -0.400 e. The molecule has 2 aliphatic rings. The summed E-state index contributed by atoms with van der Waals surface area (Å²) in [5.41, 5.74) is 7.49. The standard InChI is InChI=1S/C25H39N5O3Si/c1-24(2)20(26)18(21(27)29-22(31)25(13-10-14-25)34(4,5)6)15-30(24)23(32)28-19(16-33-3)17-11-8-7-9-12-17/h7-9,11-12,19H,10,13-16,26H2,1-6H3,(H,28,32)(H2,27,29,31)/t19-/m1/s1. The number of urea groups is 1. The number of benzene rings is 1. The molecule has 0 aromatic heterocycles. The van der Waals surface area contributed by atoms with Gasteiger partial charge in [0.05, 0.1) is 32.8 Å². The Labute approximate surface area is 203 Å². The van der Waals surface area contributed by atoms with E-state index in [1.807, 2.05) is 44.2 Å². The molecule has 1 atom stereocenters. The lowest BCUT2D eigenvalue weighted by atomic mass is 9.83. The van der Waals surface area contributed by atoms with Crippen LogP contribution in [0.4, 0.5) is 4.79 Å². The molecule has 1 aromatic rings. The topological polar surface area (TPSA) is 121 Å². The molecule has 1 aliphatic carbocycles. The third-order valence-electron chi connectivity index (χ3n) is 7.67. The molecule has 9 heteroatoms. The average Bonchev–Trinajstić information content (AvgIpc) is 2.95. The zero-order chi connectivity index (χ0) is 25.3. The molecule has 0 spiro atoms. The van der Waals surface area contributed by atoms with Gasteiger partial charge in [0, 0.05) is 23.4 Å². The summed E-state index contributed by atoms with van der Waals surface area (Å²) in [6.45, 7) is 10.8. The van der Waals surface area contributed by atoms with Crippen molar-refractivity contribution < 1.29 is 14.3 Å². The van der Waals surface area contributed by atoms with E-state index in [0.717, 1.165) is 24.8 Å². The molecule has 3 amide bonds. The van der Waals surface area contributed by atoms with Crippen LogP contribution in [-0.4, -0.2) is 56.5 Å². The number of nitrogens with zero attached hydrogens (tertiary/aromatic N) is 1. The first kappa shape index (κ1) is 26.0. The molecule has 34 heavy (non-hydrogen) atoms. The van der Waals surface area contributed by atoms with Crippen LogP contribution < -0.4 is 16.4 Å². The van der Waals surface area contributed by atoms with Crippen LogP contribution in [0.3, 0.4) is 0 Å². The van der Waals surface area contributed by atoms with Crippen molar-refractivity contribution in [1.29, 1.82) is 5.41 Å². The quantitative estimate of drug-likeness (QED) is 0.267. The minimum atomic E-state index is -1.77. The average molecular weight is 486 g/mol. The van der Waals surface area contributed by atoms with E-state index < -0.39 is 13.6 Å². The normalized spacial score (nSPS) is 19.9. The Bertz CT molecular complexity index is 980. The second-order valence-electron chi connectivity index (χ2n) is 10.9. The maximum Gasteiger partial charge on any atom is 0.319 e. The number of ether oxygens (including phenoxy) is 1. The van der Waals surface area contributed by atoms with Crippen LogP contribution in [0.25, 0.3) is 0 Å². The van der Waals surface area contributed by atoms with Gasteiger partial charge in [-0.05, 0) is 32.3 Å². The third kappa shape index (κ3) is 4.63. The van der Waals surface area contributed by atoms with Crippen LogP contribution in [0.5, 0.6) is 0 Å². The molecule has 0 radical (unpaired) electrons. The van der Waals surface area contributed by atoms with E-state index in [1.165, 1.54) is 0 Å². The van der Waals surface area contributed by atoms with E-state index in [4.69, 9.17) is 15.9 Å². The zero-order valence-corrected chi connectivity index (χ0v) is 22.2. The van der Waals surface area contributed by atoms with Gasteiger partial charge in [-0.1, -0.05) is 56.4 Å². The smallest absolute Gasteiger partial charge is 0.319 e. The Kier molecular flexibility index (Phi) is 7.28. The van der Waals surface area contributed by atoms with Crippen molar-refractivity contribution in [3.63, 3.8) is 0 Å². The van der Waals surface area contributed by atoms with Gasteiger partial charge in [-0.2, -0.15) is 0 Å². The number of amidine groups is 1. The number of methoxy groups -OCH3 is 1. The summed E-state index contributed by atoms with van der Waals surface area (Å²) in [4.78, 5) is 28.2. The molecular weight excluding hydrogens is 446 g/mol. The van der Waals surface area contributed by atoms with Gasteiger partial charge in [0.15, 0.2) is 0 Å². The van der Waals surface area contributed by atoms with E-state index in [9.17, 15) is 9.59 Å². The first-order valence-corrected chi connectivity index (χ1v) is 15.4. The molecule has 1 heterocycles. The van der Waals surface area contributed by atoms with Crippen molar-refractivity contribution in [2.75, 3.05) is 20.3 Å². The third-order valence-corrected chi connectivity index (χ3v) is 11.3. The highest BCUT2D eigenvalue weighted by Crippen LogP contribution is 2.55. The molecule has 0 unspecified atom stereocenters. The number of nitrogens with one attached hydrogen (secondary N) is 3. The van der Waals surface area contributed by atoms with E-state index in [-0.39, 0.29) is 35.4 Å². The monoisotopic (exact) mass is 485 g/mol. The van der Waals surface area contributed by atoms with E-state index in [1.54, 1.807) is 12.0 Å². The van der Waals surface area contributed by atoms with Crippen LogP contribution >= 0.6 is 0 Å². The van der Waals surface area contributed by atoms with Crippen LogP contribution in [0.1, 0.15) is 44.7 Å². The van der Waals surface area contributed by atoms with E-state index in [2.05, 4.69) is 30.3 Å². The van der Waals surface area contributed by atoms with Crippen LogP contribution in [-0.2, 0) is 9.53 Å². The number of hydrogen-bond acceptors (Lipinski definition) is 5. The van der Waals surface area contributed by atoms with Gasteiger partial charge in [-0.3, -0.25) is 10.2 Å². The molecule has 1 aromatic carbocycles. The van der Waals surface area contributed by atoms with Gasteiger partial charge in [0.1, 0.15) is 5.84 Å². The lowest BCUT2D eigenvalue weighted by Crippen LogP contribution is -2.55. The molecular formula is C25H39N5O3Si. The second-order valence-corrected chi connectivity index (χ2v) is 16.4. The van der Waals surface area contributed by atoms with Gasteiger partial charge < -0.3 is 26.0 Å². The molecule has 8 nitrogen and oxygen atoms in total. The van der Waals surface area contributed by atoms with Gasteiger partial charge in [0.25, 0.3) is 0 Å². The summed E-state index contributed by atoms with van der Waals surface area (Å²) in [7, 11) is -0.175. The van der Waals surface area contributed by atoms with Crippen molar-refractivity contribution in [2.45, 2.75) is 69.4 Å². The highest BCUT2D eigenvalue weighted by atomic mass is 28.3. The van der Waals surface area contributed by atoms with Gasteiger partial charge in [-0.15, -0.1) is 0 Å². The molecule has 1 fully saturated rings. The molecule has 186 valence electrons. The summed E-state index contributed by atoms with van der Waals surface area (Å²) in [5.74, 6) is -0.0833. The van der Waals surface area contributed by atoms with Crippen molar-refractivity contribution in [3.05, 3.63) is 47.2 Å². The fourth-order valence-electron chi connectivity index (χ4n) is 4.95. The molecule has 1 saturated carbocycles. The Morgan fingerprint density at radius 1 is 1.21 bits per heavy atom. The number of amides is 3. The fourth-order valence-corrected chi connectivity index (χ4v) is 7.55. The molecule has 5 N–H and O–H groups in total. The predicted octanol–water partition coefficient (Wildman–Crippen LogP) is 3.75. The summed E-state index contributed by atoms with van der Waals surface area (Å²) in [6.07, 6.45) is 2.79. The van der Waals surface area contributed by atoms with Crippen molar-refractivity contribution in [3.8, 4) is 0 Å². The van der Waals surface area contributed by atoms with Crippen LogP contribution in [0, 0.1) is 5.41 Å². The Hall–Kier alpha value is -2.65. The first-order valence-electron chi connectivity index (χ1n) is 11.9. The van der Waals surface area contributed by atoms with Crippen molar-refractivity contribution in [2.24, 2.45) is 5.73 Å². The lowest BCUT2D eigenvalue weighted by Gasteiger charge is -2.49. The molecule has 0 saturated heterocycles. The second kappa shape index (κ2) is 9.54. The van der Waals surface area contributed by atoms with E-state index in [0.29, 0.717) is 17.9 Å². The minimum absolute atomic E-state index is 0.00750. The lowest BCUT2D eigenvalue weighted by molar-refractivity contribution is -0.125. The SMILES string of the molecule is COC[C@@H](NC(=O)N1CC(C(=N)NC(=O)C2([Si](C)(C)C)CCC2)=C(N)C1(C)C)c1ccccc1. The molecule has 0 bridgehead atoms. The summed E-state index contributed by atoms with van der Waals surface area (Å²) >= 11 is 0. The Morgan fingerprint density at radius 3 is 2.32 bits per heavy atom. The maximum atomic E-state index is 13.3. The van der Waals surface area contributed by atoms with Gasteiger partial charge in [-0.25, -0.2) is 4.79 Å². The molecule has 1 aliphatic heterocycles. The first-order chi connectivity index (χ1) is 15.8. The number of rotatable bonds is 7. The highest BCUT2D eigenvalue weighted by molar-refractivity contribution is 6.82. The summed E-state index contributed by atoms with van der Waals surface area (Å²) < 4.78 is 5.33. The number of carbonyl (C=O) groups excluding carboxylic acids is 2. The summed E-state index contributed by atoms with van der Waals surface area (Å²) in [5, 5.41) is 14.2. The van der Waals surface area contributed by atoms with Crippen molar-refractivity contribution >= 4 is 25.8 Å². The predicted molar refractivity (Wildman–Crippen MR) is 137 cm³/mol. The Balaban J connectivity index is 1.74. The summed E-state index contributed by atoms with van der Waals surface area (Å²) in [6, 6.07) is 9.02. The highest BCUT2D eigenvalue weighted by Gasteiger charge is 2.54. The largest absolute Gasteiger partial charge is 0.400 e. The number of nitrogens with two attached hydrogens (primary N) is 1. The zero-order valence-electron chi connectivity index (χ0n) is 21.2. The molecule has 3 rings (SSSR count).